The van der Waals surface area contributed by atoms with Crippen molar-refractivity contribution in [3.05, 3.63) is 11.8 Å². The summed E-state index contributed by atoms with van der Waals surface area (Å²) < 4.78 is 14.6. The Morgan fingerprint density at radius 1 is 1.70 bits per heavy atom. The van der Waals surface area contributed by atoms with Gasteiger partial charge in [0, 0.05) is 18.8 Å². The first-order valence-corrected chi connectivity index (χ1v) is 3.86. The molecule has 0 saturated carbocycles. The molecule has 0 bridgehead atoms. The highest BCUT2D eigenvalue weighted by atomic mass is 32.2. The molecule has 0 saturated heterocycles. The number of nitrogens with one attached hydrogen (secondary N) is 1. The zero-order valence-corrected chi connectivity index (χ0v) is 6.57. The summed E-state index contributed by atoms with van der Waals surface area (Å²) in [6.45, 7) is 1.73. The molecule has 4 nitrogen and oxygen atoms in total. The van der Waals surface area contributed by atoms with Crippen molar-refractivity contribution in [1.82, 2.24) is 9.03 Å². The summed E-state index contributed by atoms with van der Waals surface area (Å²) in [6.07, 6.45) is 1.40. The summed E-state index contributed by atoms with van der Waals surface area (Å²) in [5, 5.41) is 0. The average molecular weight is 160 g/mol. The number of hydrogen-bond acceptors (Lipinski definition) is 2. The van der Waals surface area contributed by atoms with Gasteiger partial charge in [0.1, 0.15) is 0 Å². The van der Waals surface area contributed by atoms with Gasteiger partial charge in [0.05, 0.1) is 0 Å². The van der Waals surface area contributed by atoms with Crippen molar-refractivity contribution in [1.29, 1.82) is 0 Å². The van der Waals surface area contributed by atoms with Gasteiger partial charge in [0.25, 0.3) is 5.91 Å². The Hall–Kier alpha value is -0.840. The maximum absolute atomic E-state index is 10.9. The van der Waals surface area contributed by atoms with Crippen LogP contribution in [0.15, 0.2) is 11.8 Å². The van der Waals surface area contributed by atoms with E-state index in [0.29, 0.717) is 5.70 Å². The summed E-state index contributed by atoms with van der Waals surface area (Å²) in [4.78, 5) is 10.6. The lowest BCUT2D eigenvalue weighted by molar-refractivity contribution is -0.115. The summed E-state index contributed by atoms with van der Waals surface area (Å²) >= 11 is -1.38. The summed E-state index contributed by atoms with van der Waals surface area (Å²) in [5.41, 5.74) is 0.710. The molecule has 0 aromatic carbocycles. The van der Waals surface area contributed by atoms with Gasteiger partial charge in [0.2, 0.25) is 11.2 Å². The van der Waals surface area contributed by atoms with Gasteiger partial charge in [-0.2, -0.15) is 0 Å². The van der Waals surface area contributed by atoms with E-state index in [-0.39, 0.29) is 5.91 Å². The molecule has 0 aromatic heterocycles. The monoisotopic (exact) mass is 160 g/mol. The van der Waals surface area contributed by atoms with Crippen LogP contribution in [0.2, 0.25) is 0 Å². The number of carbonyl (C=O) groups is 1. The van der Waals surface area contributed by atoms with Crippen molar-refractivity contribution in [3.8, 4) is 0 Å². The van der Waals surface area contributed by atoms with Crippen LogP contribution >= 0.6 is 0 Å². The lowest BCUT2D eigenvalue weighted by Gasteiger charge is -2.21. The van der Waals surface area contributed by atoms with Gasteiger partial charge < -0.3 is 0 Å². The number of nitrogens with zero attached hydrogens (tertiary/aromatic N) is 1. The highest BCUT2D eigenvalue weighted by Crippen LogP contribution is 2.05. The Labute approximate surface area is 61.6 Å². The van der Waals surface area contributed by atoms with E-state index in [9.17, 15) is 9.00 Å². The van der Waals surface area contributed by atoms with E-state index in [0.717, 1.165) is 0 Å². The SMILES string of the molecule is CC1=CC(=O)NS(=O)N1C. The van der Waals surface area contributed by atoms with Gasteiger partial charge in [-0.25, -0.2) is 4.21 Å². The molecule has 1 unspecified atom stereocenters. The minimum atomic E-state index is -1.38. The maximum Gasteiger partial charge on any atom is 0.258 e. The second-order valence-electron chi connectivity index (χ2n) is 2.00. The fourth-order valence-electron chi connectivity index (χ4n) is 0.595. The number of amides is 1. The Bertz CT molecular complexity index is 224. The van der Waals surface area contributed by atoms with Crippen LogP contribution in [0, 0.1) is 0 Å². The first-order valence-electron chi connectivity index (χ1n) is 2.76. The summed E-state index contributed by atoms with van der Waals surface area (Å²) in [7, 11) is 1.65. The molecule has 1 amide bonds. The molecule has 0 spiro atoms. The van der Waals surface area contributed by atoms with Crippen LogP contribution in [0.25, 0.3) is 0 Å². The molecule has 1 aliphatic rings. The van der Waals surface area contributed by atoms with E-state index in [1.165, 1.54) is 10.4 Å². The third-order valence-corrected chi connectivity index (χ3v) is 2.43. The van der Waals surface area contributed by atoms with E-state index in [1.807, 2.05) is 0 Å². The second-order valence-corrected chi connectivity index (χ2v) is 3.25. The molecule has 1 aliphatic heterocycles. The van der Waals surface area contributed by atoms with Crippen LogP contribution in [0.4, 0.5) is 0 Å². The van der Waals surface area contributed by atoms with Crippen LogP contribution in [-0.4, -0.2) is 21.5 Å². The van der Waals surface area contributed by atoms with Crippen LogP contribution in [0.3, 0.4) is 0 Å². The van der Waals surface area contributed by atoms with Crippen molar-refractivity contribution in [2.75, 3.05) is 7.05 Å². The van der Waals surface area contributed by atoms with E-state index in [2.05, 4.69) is 4.72 Å². The minimum Gasteiger partial charge on any atom is -0.281 e. The Balaban J connectivity index is 2.91. The highest BCUT2D eigenvalue weighted by Gasteiger charge is 2.16. The third-order valence-electron chi connectivity index (χ3n) is 1.27. The Kier molecular flexibility index (Phi) is 1.76. The van der Waals surface area contributed by atoms with Gasteiger partial charge in [-0.3, -0.25) is 13.8 Å². The van der Waals surface area contributed by atoms with E-state index in [1.54, 1.807) is 14.0 Å². The molecule has 1 N–H and O–H groups in total. The molecule has 0 aromatic rings. The van der Waals surface area contributed by atoms with Gasteiger partial charge in [-0.05, 0) is 6.92 Å². The van der Waals surface area contributed by atoms with E-state index >= 15 is 0 Å². The van der Waals surface area contributed by atoms with Crippen molar-refractivity contribution in [3.63, 3.8) is 0 Å². The lowest BCUT2D eigenvalue weighted by Crippen LogP contribution is -2.38. The normalized spacial score (nSPS) is 25.8. The van der Waals surface area contributed by atoms with Gasteiger partial charge in [0.15, 0.2) is 0 Å². The van der Waals surface area contributed by atoms with Crippen LogP contribution in [0.1, 0.15) is 6.92 Å². The summed E-state index contributed by atoms with van der Waals surface area (Å²) in [5.74, 6) is -0.297. The molecule has 5 heteroatoms. The van der Waals surface area contributed by atoms with E-state index < -0.39 is 11.2 Å². The number of carbonyl (C=O) groups excluding carboxylic acids is 1. The highest BCUT2D eigenvalue weighted by molar-refractivity contribution is 7.81. The first kappa shape index (κ1) is 7.27. The molecular weight excluding hydrogens is 152 g/mol. The fourth-order valence-corrected chi connectivity index (χ4v) is 1.28. The molecule has 1 atom stereocenters. The fraction of sp³-hybridized carbons (Fsp3) is 0.400. The molecule has 0 aliphatic carbocycles. The average Bonchev–Trinajstić information content (AvgIpc) is 1.82. The van der Waals surface area contributed by atoms with Gasteiger partial charge in [-0.1, -0.05) is 0 Å². The zero-order valence-electron chi connectivity index (χ0n) is 5.75. The Morgan fingerprint density at radius 3 is 2.80 bits per heavy atom. The van der Waals surface area contributed by atoms with Crippen molar-refractivity contribution >= 4 is 17.1 Å². The van der Waals surface area contributed by atoms with Crippen molar-refractivity contribution in [2.24, 2.45) is 0 Å². The smallest absolute Gasteiger partial charge is 0.258 e. The lowest BCUT2D eigenvalue weighted by atomic mass is 10.4. The zero-order chi connectivity index (χ0) is 7.72. The minimum absolute atomic E-state index is 0.297. The van der Waals surface area contributed by atoms with Crippen LogP contribution in [-0.2, 0) is 16.0 Å². The largest absolute Gasteiger partial charge is 0.281 e. The van der Waals surface area contributed by atoms with E-state index in [4.69, 9.17) is 0 Å². The van der Waals surface area contributed by atoms with Crippen molar-refractivity contribution < 1.29 is 9.00 Å². The van der Waals surface area contributed by atoms with Crippen LogP contribution < -0.4 is 4.72 Å². The van der Waals surface area contributed by atoms with Gasteiger partial charge >= 0.3 is 0 Å². The number of rotatable bonds is 0. The Morgan fingerprint density at radius 2 is 2.30 bits per heavy atom. The molecular formula is C5H8N2O2S. The maximum atomic E-state index is 10.9. The molecule has 1 rings (SSSR count). The predicted octanol–water partition coefficient (Wildman–Crippen LogP) is -0.470. The van der Waals surface area contributed by atoms with Crippen LogP contribution in [0.5, 0.6) is 0 Å². The molecule has 0 fully saturated rings. The molecule has 10 heavy (non-hydrogen) atoms. The first-order chi connectivity index (χ1) is 4.61. The topological polar surface area (TPSA) is 49.4 Å². The molecule has 0 radical (unpaired) electrons. The quantitative estimate of drug-likeness (QED) is 0.521. The standard InChI is InChI=1S/C5H8N2O2S/c1-4-3-5(8)6-10(9)7(4)2/h3H,1-2H3,(H,6,8). The third kappa shape index (κ3) is 1.18. The summed E-state index contributed by atoms with van der Waals surface area (Å²) in [6, 6.07) is 0. The second kappa shape index (κ2) is 2.42. The number of allylic oxidation sites excluding steroid dienone is 1. The predicted molar refractivity (Wildman–Crippen MR) is 37.8 cm³/mol. The van der Waals surface area contributed by atoms with Crippen molar-refractivity contribution in [2.45, 2.75) is 6.92 Å². The molecule has 56 valence electrons. The molecule has 1 heterocycles. The number of hydrogen-bond donors (Lipinski definition) is 1. The van der Waals surface area contributed by atoms with Gasteiger partial charge in [-0.15, -0.1) is 0 Å².